The molecule has 0 aliphatic rings. The first-order valence-corrected chi connectivity index (χ1v) is 4.65. The van der Waals surface area contributed by atoms with Crippen molar-refractivity contribution in [1.82, 2.24) is 9.38 Å². The largest absolute Gasteiger partial charge is 0.476 e. The summed E-state index contributed by atoms with van der Waals surface area (Å²) in [5.41, 5.74) is -1.37. The smallest absolute Gasteiger partial charge is 0.417 e. The summed E-state index contributed by atoms with van der Waals surface area (Å²) >= 11 is 5.61. The summed E-state index contributed by atoms with van der Waals surface area (Å²) in [5.74, 6) is -1.33. The summed E-state index contributed by atoms with van der Waals surface area (Å²) in [6, 6.07) is 0.704. The van der Waals surface area contributed by atoms with Crippen LogP contribution in [0.5, 0.6) is 0 Å². The molecule has 2 rings (SSSR count). The quantitative estimate of drug-likeness (QED) is 0.871. The predicted octanol–water partition coefficient (Wildman–Crippen LogP) is 3.34. The normalized spacial score (nSPS) is 11.3. The van der Waals surface area contributed by atoms with Gasteiger partial charge >= 0.3 is 12.1 Å². The highest BCUT2D eigenvalue weighted by molar-refractivity contribution is 6.33. The fourth-order valence-electron chi connectivity index (χ4n) is 1.31. The van der Waals surface area contributed by atoms with Gasteiger partial charge in [0.05, 0.1) is 10.6 Å². The van der Waals surface area contributed by atoms with Gasteiger partial charge < -0.3 is 9.51 Å². The van der Waals surface area contributed by atoms with E-state index < -0.39 is 17.7 Å². The zero-order chi connectivity index (χ0) is 12.8. The van der Waals surface area contributed by atoms with Gasteiger partial charge in [-0.1, -0.05) is 19.0 Å². The zero-order valence-corrected chi connectivity index (χ0v) is 8.75. The monoisotopic (exact) mass is 280 g/mol. The van der Waals surface area contributed by atoms with Gasteiger partial charge in [-0.15, -0.1) is 0 Å². The van der Waals surface area contributed by atoms with Gasteiger partial charge in [0, 0.05) is 12.4 Å². The van der Waals surface area contributed by atoms with Gasteiger partial charge in [-0.2, -0.15) is 13.2 Å². The van der Waals surface area contributed by atoms with Gasteiger partial charge in [-0.25, -0.2) is 9.78 Å². The molecule has 2 heterocycles. The highest BCUT2D eigenvalue weighted by Gasteiger charge is 2.32. The Morgan fingerprint density at radius 2 is 2.00 bits per heavy atom. The lowest BCUT2D eigenvalue weighted by Gasteiger charge is -2.07. The van der Waals surface area contributed by atoms with Crippen LogP contribution in [0.2, 0.25) is 5.02 Å². The Labute approximate surface area is 105 Å². The molecule has 0 amide bonds. The van der Waals surface area contributed by atoms with Gasteiger partial charge in [-0.05, 0) is 6.07 Å². The average Bonchev–Trinajstić information content (AvgIpc) is 2.60. The second-order valence-electron chi connectivity index (χ2n) is 3.24. The molecule has 0 saturated heterocycles. The van der Waals surface area contributed by atoms with Crippen LogP contribution in [0.1, 0.15) is 23.5 Å². The highest BCUT2D eigenvalue weighted by Crippen LogP contribution is 2.32. The molecule has 0 atom stereocenters. The Bertz CT molecular complexity index is 607. The highest BCUT2D eigenvalue weighted by atomic mass is 35.5. The summed E-state index contributed by atoms with van der Waals surface area (Å²) in [7, 11) is 0. The van der Waals surface area contributed by atoms with Crippen molar-refractivity contribution in [1.29, 1.82) is 0 Å². The molecule has 0 saturated carbocycles. The second kappa shape index (κ2) is 4.49. The number of rotatable bonds is 1. The Morgan fingerprint density at radius 3 is 2.50 bits per heavy atom. The molecule has 0 aromatic carbocycles. The SMILES string of the molecule is C.O=C(O)c1cn2cc(C(F)(F)F)cc(Cl)c2n1. The number of hydrogen-bond donors (Lipinski definition) is 1. The van der Waals surface area contributed by atoms with Gasteiger partial charge in [0.1, 0.15) is 0 Å². The summed E-state index contributed by atoms with van der Waals surface area (Å²) in [6.45, 7) is 0. The summed E-state index contributed by atoms with van der Waals surface area (Å²) < 4.78 is 38.3. The van der Waals surface area contributed by atoms with Crippen molar-refractivity contribution < 1.29 is 23.1 Å². The third-order valence-corrected chi connectivity index (χ3v) is 2.33. The van der Waals surface area contributed by atoms with E-state index in [-0.39, 0.29) is 23.8 Å². The predicted molar refractivity (Wildman–Crippen MR) is 58.9 cm³/mol. The molecule has 0 radical (unpaired) electrons. The molecule has 0 bridgehead atoms. The Morgan fingerprint density at radius 1 is 1.39 bits per heavy atom. The molecular weight excluding hydrogens is 273 g/mol. The third kappa shape index (κ3) is 2.40. The average molecular weight is 281 g/mol. The van der Waals surface area contributed by atoms with Gasteiger partial charge in [-0.3, -0.25) is 0 Å². The van der Waals surface area contributed by atoms with E-state index in [9.17, 15) is 18.0 Å². The fourth-order valence-corrected chi connectivity index (χ4v) is 1.57. The molecule has 8 heteroatoms. The first-order valence-electron chi connectivity index (χ1n) is 4.28. The third-order valence-electron chi connectivity index (χ3n) is 2.05. The van der Waals surface area contributed by atoms with Crippen LogP contribution >= 0.6 is 11.6 Å². The number of imidazole rings is 1. The van der Waals surface area contributed by atoms with Crippen LogP contribution in [0.15, 0.2) is 18.5 Å². The number of fused-ring (bicyclic) bond motifs is 1. The molecule has 4 nitrogen and oxygen atoms in total. The van der Waals surface area contributed by atoms with Crippen LogP contribution in [0.4, 0.5) is 13.2 Å². The van der Waals surface area contributed by atoms with Crippen molar-refractivity contribution in [2.24, 2.45) is 0 Å². The number of pyridine rings is 1. The zero-order valence-electron chi connectivity index (χ0n) is 7.99. The minimum absolute atomic E-state index is 0. The van der Waals surface area contributed by atoms with E-state index >= 15 is 0 Å². The van der Waals surface area contributed by atoms with E-state index in [1.807, 2.05) is 0 Å². The molecule has 0 aliphatic carbocycles. The number of aromatic carboxylic acids is 1. The maximum absolute atomic E-state index is 12.5. The van der Waals surface area contributed by atoms with Crippen molar-refractivity contribution >= 4 is 23.2 Å². The van der Waals surface area contributed by atoms with Crippen molar-refractivity contribution in [3.63, 3.8) is 0 Å². The maximum atomic E-state index is 12.5. The Hall–Kier alpha value is -1.76. The van der Waals surface area contributed by atoms with Crippen molar-refractivity contribution in [3.8, 4) is 0 Å². The van der Waals surface area contributed by atoms with E-state index in [0.29, 0.717) is 6.07 Å². The van der Waals surface area contributed by atoms with Crippen LogP contribution < -0.4 is 0 Å². The standard InChI is InChI=1S/C9H4ClF3N2O2.CH4/c10-5-1-4(9(11,12)13)2-15-3-6(8(16)17)14-7(5)15;/h1-3H,(H,16,17);1H4. The Balaban J connectivity index is 0.00000162. The van der Waals surface area contributed by atoms with Crippen LogP contribution in [0.25, 0.3) is 5.65 Å². The topological polar surface area (TPSA) is 54.6 Å². The van der Waals surface area contributed by atoms with Gasteiger partial charge in [0.25, 0.3) is 0 Å². The van der Waals surface area contributed by atoms with Crippen LogP contribution in [-0.4, -0.2) is 20.5 Å². The Kier molecular flexibility index (Phi) is 3.57. The molecule has 18 heavy (non-hydrogen) atoms. The first-order chi connectivity index (χ1) is 7.79. The molecule has 0 aliphatic heterocycles. The number of halogens is 4. The fraction of sp³-hybridized carbons (Fsp3) is 0.200. The van der Waals surface area contributed by atoms with E-state index in [0.717, 1.165) is 16.8 Å². The number of aromatic nitrogens is 2. The number of carbonyl (C=O) groups is 1. The summed E-state index contributed by atoms with van der Waals surface area (Å²) in [5, 5.41) is 8.41. The minimum Gasteiger partial charge on any atom is -0.476 e. The second-order valence-corrected chi connectivity index (χ2v) is 3.64. The number of alkyl halides is 3. The van der Waals surface area contributed by atoms with Crippen LogP contribution in [0, 0.1) is 0 Å². The van der Waals surface area contributed by atoms with E-state index in [1.54, 1.807) is 0 Å². The lowest BCUT2D eigenvalue weighted by Crippen LogP contribution is -2.06. The number of carboxylic acid groups (broad SMARTS) is 1. The number of nitrogens with zero attached hydrogens (tertiary/aromatic N) is 2. The molecular formula is C10H8ClF3N2O2. The minimum atomic E-state index is -4.55. The molecule has 0 fully saturated rings. The molecule has 2 aromatic heterocycles. The van der Waals surface area contributed by atoms with E-state index in [4.69, 9.17) is 16.7 Å². The van der Waals surface area contributed by atoms with Gasteiger partial charge in [0.15, 0.2) is 11.3 Å². The van der Waals surface area contributed by atoms with Crippen LogP contribution in [-0.2, 0) is 6.18 Å². The summed E-state index contributed by atoms with van der Waals surface area (Å²) in [6.07, 6.45) is -2.84. The van der Waals surface area contributed by atoms with E-state index in [1.165, 1.54) is 0 Å². The molecule has 0 spiro atoms. The first kappa shape index (κ1) is 14.3. The van der Waals surface area contributed by atoms with E-state index in [2.05, 4.69) is 4.98 Å². The molecule has 98 valence electrons. The van der Waals surface area contributed by atoms with Crippen molar-refractivity contribution in [2.45, 2.75) is 13.6 Å². The molecule has 2 aromatic rings. The summed E-state index contributed by atoms with van der Waals surface area (Å²) in [4.78, 5) is 14.2. The lowest BCUT2D eigenvalue weighted by atomic mass is 10.3. The maximum Gasteiger partial charge on any atom is 0.417 e. The number of carboxylic acids is 1. The van der Waals surface area contributed by atoms with Crippen molar-refractivity contribution in [2.75, 3.05) is 0 Å². The number of hydrogen-bond acceptors (Lipinski definition) is 2. The van der Waals surface area contributed by atoms with Gasteiger partial charge in [0.2, 0.25) is 0 Å². The van der Waals surface area contributed by atoms with Crippen LogP contribution in [0.3, 0.4) is 0 Å². The van der Waals surface area contributed by atoms with Crippen molar-refractivity contribution in [3.05, 3.63) is 34.7 Å². The lowest BCUT2D eigenvalue weighted by molar-refractivity contribution is -0.137. The molecule has 0 unspecified atom stereocenters. The molecule has 1 N–H and O–H groups in total.